The maximum atomic E-state index is 12.2. The number of hydrogen-bond donors (Lipinski definition) is 0. The number of rotatable bonds is 3. The highest BCUT2D eigenvalue weighted by Crippen LogP contribution is 2.37. The molecule has 2 heterocycles. The van der Waals surface area contributed by atoms with Gasteiger partial charge in [0, 0.05) is 12.0 Å². The highest BCUT2D eigenvalue weighted by Gasteiger charge is 2.32. The maximum Gasteiger partial charge on any atom is 0.343 e. The van der Waals surface area contributed by atoms with Crippen LogP contribution in [-0.4, -0.2) is 12.1 Å². The first kappa shape index (κ1) is 15.3. The monoisotopic (exact) mass is 314 g/mol. The lowest BCUT2D eigenvalue weighted by Gasteiger charge is -2.23. The van der Waals surface area contributed by atoms with Crippen LogP contribution in [0, 0.1) is 6.92 Å². The van der Waals surface area contributed by atoms with Gasteiger partial charge >= 0.3 is 11.6 Å². The highest BCUT2D eigenvalue weighted by molar-refractivity contribution is 5.77. The zero-order chi connectivity index (χ0) is 16.6. The zero-order valence-corrected chi connectivity index (χ0v) is 13.3. The SMILES string of the molecule is Cc1cc2c(c(=O)o1)C(c1ccc(OC(C)C)cc1)CC(=O)O2. The van der Waals surface area contributed by atoms with Crippen LogP contribution in [0.15, 0.2) is 39.5 Å². The second-order valence-electron chi connectivity index (χ2n) is 5.89. The van der Waals surface area contributed by atoms with E-state index in [9.17, 15) is 9.59 Å². The van der Waals surface area contributed by atoms with Gasteiger partial charge in [-0.2, -0.15) is 0 Å². The third-order valence-corrected chi connectivity index (χ3v) is 3.67. The van der Waals surface area contributed by atoms with Crippen molar-refractivity contribution < 1.29 is 18.7 Å². The van der Waals surface area contributed by atoms with Gasteiger partial charge < -0.3 is 13.9 Å². The Bertz CT molecular complexity index is 786. The Morgan fingerprint density at radius 1 is 1.17 bits per heavy atom. The van der Waals surface area contributed by atoms with E-state index < -0.39 is 5.63 Å². The van der Waals surface area contributed by atoms with E-state index in [0.29, 0.717) is 17.1 Å². The molecule has 120 valence electrons. The van der Waals surface area contributed by atoms with E-state index in [1.165, 1.54) is 0 Å². The third kappa shape index (κ3) is 3.13. The van der Waals surface area contributed by atoms with Crippen LogP contribution in [0.3, 0.4) is 0 Å². The number of ether oxygens (including phenoxy) is 2. The number of benzene rings is 1. The number of carbonyl (C=O) groups is 1. The van der Waals surface area contributed by atoms with E-state index in [0.717, 1.165) is 11.3 Å². The van der Waals surface area contributed by atoms with Crippen molar-refractivity contribution in [2.45, 2.75) is 39.2 Å². The van der Waals surface area contributed by atoms with E-state index in [4.69, 9.17) is 13.9 Å². The molecular formula is C18H18O5. The van der Waals surface area contributed by atoms with Crippen LogP contribution < -0.4 is 15.1 Å². The molecule has 23 heavy (non-hydrogen) atoms. The Labute approximate surface area is 133 Å². The van der Waals surface area contributed by atoms with E-state index in [2.05, 4.69) is 0 Å². The summed E-state index contributed by atoms with van der Waals surface area (Å²) in [4.78, 5) is 24.1. The average Bonchev–Trinajstić information content (AvgIpc) is 2.45. The molecule has 0 amide bonds. The van der Waals surface area contributed by atoms with Gasteiger partial charge in [0.25, 0.3) is 0 Å². The van der Waals surface area contributed by atoms with Crippen LogP contribution in [0.1, 0.15) is 43.1 Å². The summed E-state index contributed by atoms with van der Waals surface area (Å²) < 4.78 is 16.0. The fraction of sp³-hybridized carbons (Fsp3) is 0.333. The molecule has 1 aromatic heterocycles. The van der Waals surface area contributed by atoms with E-state index in [-0.39, 0.29) is 24.4 Å². The predicted octanol–water partition coefficient (Wildman–Crippen LogP) is 3.18. The second-order valence-corrected chi connectivity index (χ2v) is 5.89. The Balaban J connectivity index is 2.01. The lowest BCUT2D eigenvalue weighted by Crippen LogP contribution is -2.26. The molecule has 2 aromatic rings. The first-order valence-electron chi connectivity index (χ1n) is 7.56. The molecule has 1 unspecified atom stereocenters. The molecule has 0 fully saturated rings. The first-order valence-corrected chi connectivity index (χ1v) is 7.56. The number of aryl methyl sites for hydroxylation is 1. The van der Waals surface area contributed by atoms with Gasteiger partial charge in [0.05, 0.1) is 18.1 Å². The molecule has 1 atom stereocenters. The quantitative estimate of drug-likeness (QED) is 0.814. The molecule has 0 saturated carbocycles. The standard InChI is InChI=1S/C18H18O5/c1-10(2)21-13-6-4-12(5-7-13)14-9-16(19)23-15-8-11(3)22-18(20)17(14)15/h4-8,10,14H,9H2,1-3H3. The largest absolute Gasteiger partial charge is 0.491 e. The maximum absolute atomic E-state index is 12.2. The van der Waals surface area contributed by atoms with Gasteiger partial charge in [0.15, 0.2) is 0 Å². The Kier molecular flexibility index (Phi) is 3.94. The lowest BCUT2D eigenvalue weighted by molar-refractivity contribution is -0.135. The van der Waals surface area contributed by atoms with Crippen molar-refractivity contribution in [2.24, 2.45) is 0 Å². The summed E-state index contributed by atoms with van der Waals surface area (Å²) in [5.41, 5.74) is 0.794. The Morgan fingerprint density at radius 3 is 2.52 bits per heavy atom. The predicted molar refractivity (Wildman–Crippen MR) is 84.0 cm³/mol. The van der Waals surface area contributed by atoms with E-state index in [1.54, 1.807) is 13.0 Å². The van der Waals surface area contributed by atoms with Crippen molar-refractivity contribution >= 4 is 5.97 Å². The van der Waals surface area contributed by atoms with E-state index >= 15 is 0 Å². The van der Waals surface area contributed by atoms with E-state index in [1.807, 2.05) is 38.1 Å². The van der Waals surface area contributed by atoms with Crippen molar-refractivity contribution in [2.75, 3.05) is 0 Å². The first-order chi connectivity index (χ1) is 10.9. The van der Waals surface area contributed by atoms with Gasteiger partial charge in [-0.1, -0.05) is 12.1 Å². The summed E-state index contributed by atoms with van der Waals surface area (Å²) in [6, 6.07) is 8.99. The molecular weight excluding hydrogens is 296 g/mol. The number of fused-ring (bicyclic) bond motifs is 1. The van der Waals surface area contributed by atoms with Crippen molar-refractivity contribution in [1.82, 2.24) is 0 Å². The van der Waals surface area contributed by atoms with Gasteiger partial charge in [-0.25, -0.2) is 4.79 Å². The van der Waals surface area contributed by atoms with Crippen LogP contribution in [0.4, 0.5) is 0 Å². The summed E-state index contributed by atoms with van der Waals surface area (Å²) in [7, 11) is 0. The molecule has 1 aliphatic heterocycles. The van der Waals surface area contributed by atoms with Crippen molar-refractivity contribution in [3.63, 3.8) is 0 Å². The minimum atomic E-state index is -0.458. The molecule has 5 heteroatoms. The number of hydrogen-bond acceptors (Lipinski definition) is 5. The second kappa shape index (κ2) is 5.91. The molecule has 0 spiro atoms. The van der Waals surface area contributed by atoms with Gasteiger partial charge in [-0.05, 0) is 38.5 Å². The van der Waals surface area contributed by atoms with Crippen molar-refractivity contribution in [3.8, 4) is 11.5 Å². The zero-order valence-electron chi connectivity index (χ0n) is 13.3. The molecule has 1 aromatic carbocycles. The van der Waals surface area contributed by atoms with Crippen LogP contribution >= 0.6 is 0 Å². The summed E-state index contributed by atoms with van der Waals surface area (Å²) in [5, 5.41) is 0. The number of esters is 1. The van der Waals surface area contributed by atoms with Gasteiger partial charge in [0.2, 0.25) is 0 Å². The number of carbonyl (C=O) groups excluding carboxylic acids is 1. The van der Waals surface area contributed by atoms with Crippen molar-refractivity contribution in [3.05, 3.63) is 57.6 Å². The van der Waals surface area contributed by atoms with Crippen LogP contribution in [0.25, 0.3) is 0 Å². The van der Waals surface area contributed by atoms with Gasteiger partial charge in [0.1, 0.15) is 17.3 Å². The molecule has 0 aliphatic carbocycles. The Morgan fingerprint density at radius 2 is 1.87 bits per heavy atom. The molecule has 0 N–H and O–H groups in total. The Hall–Kier alpha value is -2.56. The van der Waals surface area contributed by atoms with Gasteiger partial charge in [-0.3, -0.25) is 4.79 Å². The molecule has 0 radical (unpaired) electrons. The lowest BCUT2D eigenvalue weighted by atomic mass is 9.87. The summed E-state index contributed by atoms with van der Waals surface area (Å²) in [6.07, 6.45) is 0.201. The molecule has 5 nitrogen and oxygen atoms in total. The molecule has 3 rings (SSSR count). The molecule has 0 saturated heterocycles. The fourth-order valence-corrected chi connectivity index (χ4v) is 2.76. The van der Waals surface area contributed by atoms with Crippen molar-refractivity contribution in [1.29, 1.82) is 0 Å². The fourth-order valence-electron chi connectivity index (χ4n) is 2.76. The third-order valence-electron chi connectivity index (χ3n) is 3.67. The van der Waals surface area contributed by atoms with Crippen LogP contribution in [-0.2, 0) is 4.79 Å². The summed E-state index contributed by atoms with van der Waals surface area (Å²) in [6.45, 7) is 5.56. The molecule has 1 aliphatic rings. The topological polar surface area (TPSA) is 65.7 Å². The smallest absolute Gasteiger partial charge is 0.343 e. The van der Waals surface area contributed by atoms with Crippen LogP contribution in [0.2, 0.25) is 0 Å². The minimum absolute atomic E-state index is 0.0845. The van der Waals surface area contributed by atoms with Crippen LogP contribution in [0.5, 0.6) is 11.5 Å². The molecule has 0 bridgehead atoms. The summed E-state index contributed by atoms with van der Waals surface area (Å²) >= 11 is 0. The normalized spacial score (nSPS) is 16.9. The van der Waals surface area contributed by atoms with Gasteiger partial charge in [-0.15, -0.1) is 0 Å². The minimum Gasteiger partial charge on any atom is -0.491 e. The summed E-state index contributed by atoms with van der Waals surface area (Å²) in [5.74, 6) is 0.745. The average molecular weight is 314 g/mol. The highest BCUT2D eigenvalue weighted by atomic mass is 16.5.